The highest BCUT2D eigenvalue weighted by atomic mass is 16.1. The van der Waals surface area contributed by atoms with Crippen molar-refractivity contribution in [3.8, 4) is 11.1 Å². The van der Waals surface area contributed by atoms with Crippen LogP contribution in [0.4, 0.5) is 0 Å². The van der Waals surface area contributed by atoms with Crippen LogP contribution in [0.5, 0.6) is 0 Å². The van der Waals surface area contributed by atoms with E-state index in [1.807, 2.05) is 72.8 Å². The second-order valence-electron chi connectivity index (χ2n) is 6.61. The molecule has 0 unspecified atom stereocenters. The molecule has 4 aromatic carbocycles. The van der Waals surface area contributed by atoms with Crippen LogP contribution in [0.2, 0.25) is 0 Å². The van der Waals surface area contributed by atoms with E-state index in [4.69, 9.17) is 0 Å². The van der Waals surface area contributed by atoms with Gasteiger partial charge >= 0.3 is 0 Å². The Bertz CT molecular complexity index is 1360. The van der Waals surface area contributed by atoms with Crippen molar-refractivity contribution in [1.29, 1.82) is 0 Å². The second-order valence-corrected chi connectivity index (χ2v) is 6.61. The zero-order valence-electron chi connectivity index (χ0n) is 14.4. The summed E-state index contributed by atoms with van der Waals surface area (Å²) in [6, 6.07) is 24.0. The van der Waals surface area contributed by atoms with Crippen LogP contribution < -0.4 is 0 Å². The molecular weight excluding hydrogens is 334 g/mol. The molecule has 1 N–H and O–H groups in total. The quantitative estimate of drug-likeness (QED) is 0.421. The van der Waals surface area contributed by atoms with Crippen molar-refractivity contribution in [2.45, 2.75) is 0 Å². The lowest BCUT2D eigenvalue weighted by Gasteiger charge is -2.12. The van der Waals surface area contributed by atoms with Crippen molar-refractivity contribution in [2.24, 2.45) is 0 Å². The molecule has 0 bridgehead atoms. The predicted molar refractivity (Wildman–Crippen MR) is 110 cm³/mol. The monoisotopic (exact) mass is 349 g/mol. The van der Waals surface area contributed by atoms with E-state index < -0.39 is 0 Å². The van der Waals surface area contributed by atoms with Gasteiger partial charge in [-0.3, -0.25) is 9.59 Å². The van der Waals surface area contributed by atoms with Crippen LogP contribution in [0, 0.1) is 0 Å². The largest absolute Gasteiger partial charge is 0.354 e. The number of carbonyl (C=O) groups is 2. The minimum Gasteiger partial charge on any atom is -0.354 e. The Kier molecular flexibility index (Phi) is 3.41. The van der Waals surface area contributed by atoms with Gasteiger partial charge in [0, 0.05) is 27.4 Å². The predicted octanol–water partition coefficient (Wildman–Crippen LogP) is 5.77. The van der Waals surface area contributed by atoms with Gasteiger partial charge in [-0.25, -0.2) is 0 Å². The molecule has 0 spiro atoms. The molecule has 5 rings (SSSR count). The molecule has 27 heavy (non-hydrogen) atoms. The molecule has 1 heterocycles. The first-order valence-electron chi connectivity index (χ1n) is 8.77. The number of para-hydroxylation sites is 1. The highest BCUT2D eigenvalue weighted by molar-refractivity contribution is 6.18. The maximum Gasteiger partial charge on any atom is 0.152 e. The van der Waals surface area contributed by atoms with Gasteiger partial charge in [-0.1, -0.05) is 60.7 Å². The molecule has 0 aliphatic heterocycles. The van der Waals surface area contributed by atoms with Gasteiger partial charge < -0.3 is 4.98 Å². The Morgan fingerprint density at radius 3 is 2.15 bits per heavy atom. The van der Waals surface area contributed by atoms with Crippen molar-refractivity contribution >= 4 is 45.2 Å². The fourth-order valence-electron chi connectivity index (χ4n) is 3.96. The zero-order chi connectivity index (χ0) is 18.4. The molecular formula is C24H15NO2. The van der Waals surface area contributed by atoms with E-state index in [-0.39, 0.29) is 0 Å². The first-order chi connectivity index (χ1) is 13.3. The van der Waals surface area contributed by atoms with E-state index in [1.165, 1.54) is 0 Å². The third-order valence-electron chi connectivity index (χ3n) is 5.20. The maximum atomic E-state index is 12.0. The minimum atomic E-state index is 0.404. The first-order valence-corrected chi connectivity index (χ1v) is 8.77. The van der Waals surface area contributed by atoms with Gasteiger partial charge in [0.25, 0.3) is 0 Å². The zero-order valence-corrected chi connectivity index (χ0v) is 14.4. The van der Waals surface area contributed by atoms with Crippen molar-refractivity contribution in [3.63, 3.8) is 0 Å². The summed E-state index contributed by atoms with van der Waals surface area (Å²) in [5, 5.41) is 4.13. The highest BCUT2D eigenvalue weighted by Gasteiger charge is 2.18. The number of fused-ring (bicyclic) bond motifs is 4. The summed E-state index contributed by atoms with van der Waals surface area (Å²) >= 11 is 0. The highest BCUT2D eigenvalue weighted by Crippen LogP contribution is 2.37. The van der Waals surface area contributed by atoms with Crippen LogP contribution in [0.3, 0.4) is 0 Å². The smallest absolute Gasteiger partial charge is 0.152 e. The van der Waals surface area contributed by atoms with Gasteiger partial charge in [0.1, 0.15) is 0 Å². The molecule has 0 saturated carbocycles. The summed E-state index contributed by atoms with van der Waals surface area (Å²) in [7, 11) is 0. The Morgan fingerprint density at radius 1 is 0.630 bits per heavy atom. The first kappa shape index (κ1) is 15.5. The van der Waals surface area contributed by atoms with Gasteiger partial charge in [-0.2, -0.15) is 0 Å². The SMILES string of the molecule is O=Cc1c(-c2cccc3ccccc23)cc2c([nH]c3ccccc32)c1C=O. The fraction of sp³-hybridized carbons (Fsp3) is 0. The normalized spacial score (nSPS) is 11.3. The summed E-state index contributed by atoms with van der Waals surface area (Å²) < 4.78 is 0. The number of hydrogen-bond donors (Lipinski definition) is 1. The Balaban J connectivity index is 1.98. The van der Waals surface area contributed by atoms with Gasteiger partial charge in [-0.05, 0) is 34.0 Å². The lowest BCUT2D eigenvalue weighted by Crippen LogP contribution is -1.97. The van der Waals surface area contributed by atoms with Gasteiger partial charge in [0.15, 0.2) is 12.6 Å². The average molecular weight is 349 g/mol. The second kappa shape index (κ2) is 5.92. The number of nitrogens with one attached hydrogen (secondary N) is 1. The van der Waals surface area contributed by atoms with E-state index in [0.717, 1.165) is 50.8 Å². The van der Waals surface area contributed by atoms with Crippen LogP contribution in [-0.2, 0) is 0 Å². The van der Waals surface area contributed by atoms with Crippen LogP contribution in [0.1, 0.15) is 20.7 Å². The number of aromatic amines is 1. The number of aldehydes is 2. The molecule has 3 heteroatoms. The molecule has 0 atom stereocenters. The molecule has 5 aromatic rings. The summed E-state index contributed by atoms with van der Waals surface area (Å²) in [6.07, 6.45) is 1.56. The van der Waals surface area contributed by atoms with E-state index in [1.54, 1.807) is 0 Å². The van der Waals surface area contributed by atoms with Gasteiger partial charge in [-0.15, -0.1) is 0 Å². The van der Waals surface area contributed by atoms with Crippen molar-refractivity contribution in [3.05, 3.63) is 83.9 Å². The third-order valence-corrected chi connectivity index (χ3v) is 5.20. The molecule has 128 valence electrons. The molecule has 0 aliphatic rings. The third kappa shape index (κ3) is 2.22. The molecule has 0 aliphatic carbocycles. The minimum absolute atomic E-state index is 0.404. The van der Waals surface area contributed by atoms with Crippen LogP contribution in [-0.4, -0.2) is 17.6 Å². The Hall–Kier alpha value is -3.72. The lowest BCUT2D eigenvalue weighted by molar-refractivity contribution is 0.109. The van der Waals surface area contributed by atoms with Gasteiger partial charge in [0.2, 0.25) is 0 Å². The molecule has 0 saturated heterocycles. The number of benzene rings is 4. The molecule has 1 aromatic heterocycles. The summed E-state index contributed by atoms with van der Waals surface area (Å²) in [6.45, 7) is 0. The van der Waals surface area contributed by atoms with Gasteiger partial charge in [0.05, 0.1) is 5.52 Å². The van der Waals surface area contributed by atoms with E-state index in [2.05, 4.69) is 4.98 Å². The number of hydrogen-bond acceptors (Lipinski definition) is 2. The number of rotatable bonds is 3. The van der Waals surface area contributed by atoms with E-state index in [0.29, 0.717) is 16.6 Å². The molecule has 3 nitrogen and oxygen atoms in total. The number of aromatic nitrogens is 1. The fourth-order valence-corrected chi connectivity index (χ4v) is 3.96. The molecule has 0 amide bonds. The van der Waals surface area contributed by atoms with Crippen molar-refractivity contribution < 1.29 is 9.59 Å². The Morgan fingerprint density at radius 2 is 1.33 bits per heavy atom. The summed E-state index contributed by atoms with van der Waals surface area (Å²) in [5.74, 6) is 0. The average Bonchev–Trinajstić information content (AvgIpc) is 3.10. The molecule has 0 radical (unpaired) electrons. The summed E-state index contributed by atoms with van der Waals surface area (Å²) in [5.41, 5.74) is 4.20. The van der Waals surface area contributed by atoms with Crippen LogP contribution in [0.25, 0.3) is 43.7 Å². The van der Waals surface area contributed by atoms with Crippen LogP contribution >= 0.6 is 0 Å². The van der Waals surface area contributed by atoms with Crippen molar-refractivity contribution in [1.82, 2.24) is 4.98 Å². The topological polar surface area (TPSA) is 49.9 Å². The number of H-pyrrole nitrogens is 1. The van der Waals surface area contributed by atoms with E-state index in [9.17, 15) is 9.59 Å². The Labute approximate surface area is 155 Å². The van der Waals surface area contributed by atoms with E-state index >= 15 is 0 Å². The van der Waals surface area contributed by atoms with Crippen LogP contribution in [0.15, 0.2) is 72.8 Å². The maximum absolute atomic E-state index is 12.0. The number of carbonyl (C=O) groups excluding carboxylic acids is 2. The summed E-state index contributed by atoms with van der Waals surface area (Å²) in [4.78, 5) is 27.2. The standard InChI is InChI=1S/C24H15NO2/c26-13-21-19(17-10-5-7-15-6-1-2-8-16(15)17)12-20-18-9-3-4-11-23(18)25-24(20)22(21)14-27/h1-14,25H. The van der Waals surface area contributed by atoms with Crippen molar-refractivity contribution in [2.75, 3.05) is 0 Å². The lowest BCUT2D eigenvalue weighted by atomic mass is 9.90. The molecule has 0 fully saturated rings.